The lowest BCUT2D eigenvalue weighted by molar-refractivity contribution is -0.132. The Morgan fingerprint density at radius 1 is 1.19 bits per heavy atom. The van der Waals surface area contributed by atoms with Crippen LogP contribution >= 0.6 is 0 Å². The molecule has 21 heavy (non-hydrogen) atoms. The lowest BCUT2D eigenvalue weighted by Gasteiger charge is -2.35. The van der Waals surface area contributed by atoms with Gasteiger partial charge in [-0.3, -0.25) is 4.79 Å². The van der Waals surface area contributed by atoms with Crippen LogP contribution in [0.5, 0.6) is 11.5 Å². The van der Waals surface area contributed by atoms with Crippen molar-refractivity contribution in [3.63, 3.8) is 0 Å². The minimum atomic E-state index is -0.378. The summed E-state index contributed by atoms with van der Waals surface area (Å²) in [6.07, 6.45) is 2.52. The van der Waals surface area contributed by atoms with Gasteiger partial charge in [-0.1, -0.05) is 0 Å². The number of Topliss-reactive ketones (excluding diaryl/α,β-unsaturated/α-hetero) is 1. The molecule has 1 aromatic carbocycles. The Morgan fingerprint density at radius 2 is 1.90 bits per heavy atom. The second-order valence-electron chi connectivity index (χ2n) is 5.37. The smallest absolute Gasteiger partial charge is 0.207 e. The van der Waals surface area contributed by atoms with E-state index in [-0.39, 0.29) is 29.7 Å². The molecule has 1 aliphatic carbocycles. The molecule has 2 aliphatic rings. The van der Waals surface area contributed by atoms with Crippen molar-refractivity contribution in [3.05, 3.63) is 36.3 Å². The largest absolute Gasteiger partial charge is 0.497 e. The lowest BCUT2D eigenvalue weighted by Crippen LogP contribution is -2.41. The van der Waals surface area contributed by atoms with E-state index >= 15 is 0 Å². The van der Waals surface area contributed by atoms with Gasteiger partial charge in [-0.05, 0) is 37.1 Å². The molecule has 3 unspecified atom stereocenters. The van der Waals surface area contributed by atoms with Gasteiger partial charge < -0.3 is 19.3 Å². The van der Waals surface area contributed by atoms with Crippen molar-refractivity contribution in [2.24, 2.45) is 5.92 Å². The number of fused-ring (bicyclic) bond motifs is 1. The Kier molecular flexibility index (Phi) is 3.84. The van der Waals surface area contributed by atoms with E-state index in [9.17, 15) is 9.90 Å². The number of hydrogen-bond acceptors (Lipinski definition) is 5. The number of ketones is 1. The number of benzene rings is 1. The fourth-order valence-corrected chi connectivity index (χ4v) is 2.79. The van der Waals surface area contributed by atoms with Crippen molar-refractivity contribution in [3.8, 4) is 11.5 Å². The molecule has 1 aliphatic heterocycles. The van der Waals surface area contributed by atoms with Crippen molar-refractivity contribution >= 4 is 5.78 Å². The summed E-state index contributed by atoms with van der Waals surface area (Å²) in [5, 5.41) is 9.63. The van der Waals surface area contributed by atoms with Crippen LogP contribution in [-0.4, -0.2) is 30.2 Å². The first-order valence-corrected chi connectivity index (χ1v) is 7.07. The number of carbonyl (C=O) groups excluding carboxylic acids is 1. The molecule has 1 aromatic rings. The third-order valence-electron chi connectivity index (χ3n) is 3.98. The summed E-state index contributed by atoms with van der Waals surface area (Å²) in [6.45, 7) is 0. The summed E-state index contributed by atoms with van der Waals surface area (Å²) in [4.78, 5) is 12.4. The van der Waals surface area contributed by atoms with Gasteiger partial charge in [-0.25, -0.2) is 0 Å². The molecule has 0 spiro atoms. The van der Waals surface area contributed by atoms with E-state index in [1.165, 1.54) is 6.26 Å². The van der Waals surface area contributed by atoms with Crippen LogP contribution in [0, 0.1) is 5.92 Å². The van der Waals surface area contributed by atoms with E-state index in [0.717, 1.165) is 5.75 Å². The third kappa shape index (κ3) is 2.88. The van der Waals surface area contributed by atoms with Crippen molar-refractivity contribution in [1.29, 1.82) is 0 Å². The molecule has 112 valence electrons. The van der Waals surface area contributed by atoms with Crippen molar-refractivity contribution in [2.75, 3.05) is 7.11 Å². The number of allylic oxidation sites excluding steroid dienone is 1. The van der Waals surface area contributed by atoms with Crippen LogP contribution in [0.4, 0.5) is 0 Å². The normalized spacial score (nSPS) is 28.2. The van der Waals surface area contributed by atoms with Crippen LogP contribution in [0.15, 0.2) is 36.3 Å². The maximum atomic E-state index is 12.4. The highest BCUT2D eigenvalue weighted by Gasteiger charge is 2.40. The Labute approximate surface area is 123 Å². The maximum absolute atomic E-state index is 12.4. The van der Waals surface area contributed by atoms with Crippen LogP contribution in [0.2, 0.25) is 0 Å². The number of methoxy groups -OCH3 is 1. The molecule has 1 saturated carbocycles. The van der Waals surface area contributed by atoms with Gasteiger partial charge in [0, 0.05) is 6.42 Å². The summed E-state index contributed by atoms with van der Waals surface area (Å²) in [7, 11) is 1.59. The Balaban J connectivity index is 1.72. The zero-order valence-corrected chi connectivity index (χ0v) is 11.8. The number of ether oxygens (including phenoxy) is 3. The third-order valence-corrected chi connectivity index (χ3v) is 3.98. The van der Waals surface area contributed by atoms with E-state index in [2.05, 4.69) is 0 Å². The quantitative estimate of drug-likeness (QED) is 0.923. The minimum Gasteiger partial charge on any atom is -0.497 e. The summed E-state index contributed by atoms with van der Waals surface area (Å²) in [6, 6.07) is 7.01. The lowest BCUT2D eigenvalue weighted by atomic mass is 9.80. The molecule has 1 fully saturated rings. The SMILES string of the molecule is COc1ccc(OC2=COC3CC(O)CCC3C2=O)cc1. The van der Waals surface area contributed by atoms with Gasteiger partial charge >= 0.3 is 0 Å². The molecule has 1 heterocycles. The number of hydrogen-bond donors (Lipinski definition) is 1. The molecule has 1 N–H and O–H groups in total. The Hall–Kier alpha value is -2.01. The molecular weight excluding hydrogens is 272 g/mol. The van der Waals surface area contributed by atoms with Crippen LogP contribution in [-0.2, 0) is 9.53 Å². The molecule has 0 amide bonds. The van der Waals surface area contributed by atoms with Crippen LogP contribution in [0.3, 0.4) is 0 Å². The first-order valence-electron chi connectivity index (χ1n) is 7.07. The van der Waals surface area contributed by atoms with Crippen LogP contribution in [0.25, 0.3) is 0 Å². The number of carbonyl (C=O) groups is 1. The first-order chi connectivity index (χ1) is 10.2. The Bertz CT molecular complexity index is 548. The topological polar surface area (TPSA) is 65.0 Å². The molecule has 0 radical (unpaired) electrons. The zero-order chi connectivity index (χ0) is 14.8. The summed E-state index contributed by atoms with van der Waals surface area (Å²) in [5.41, 5.74) is 0. The second-order valence-corrected chi connectivity index (χ2v) is 5.37. The van der Waals surface area contributed by atoms with Gasteiger partial charge in [0.25, 0.3) is 0 Å². The molecule has 0 aromatic heterocycles. The van der Waals surface area contributed by atoms with E-state index < -0.39 is 0 Å². The highest BCUT2D eigenvalue weighted by molar-refractivity contribution is 5.96. The molecule has 3 rings (SSSR count). The summed E-state index contributed by atoms with van der Waals surface area (Å²) >= 11 is 0. The second kappa shape index (κ2) is 5.77. The van der Waals surface area contributed by atoms with Crippen molar-refractivity contribution in [1.82, 2.24) is 0 Å². The summed E-state index contributed by atoms with van der Waals surface area (Å²) < 4.78 is 16.2. The monoisotopic (exact) mass is 290 g/mol. The van der Waals surface area contributed by atoms with E-state index in [0.29, 0.717) is 25.0 Å². The van der Waals surface area contributed by atoms with Crippen LogP contribution < -0.4 is 9.47 Å². The zero-order valence-electron chi connectivity index (χ0n) is 11.8. The van der Waals surface area contributed by atoms with Gasteiger partial charge in [0.1, 0.15) is 23.9 Å². The average molecular weight is 290 g/mol. The molecule has 5 nitrogen and oxygen atoms in total. The van der Waals surface area contributed by atoms with E-state index in [1.807, 2.05) is 0 Å². The van der Waals surface area contributed by atoms with E-state index in [4.69, 9.17) is 14.2 Å². The fourth-order valence-electron chi connectivity index (χ4n) is 2.79. The van der Waals surface area contributed by atoms with Crippen molar-refractivity contribution < 1.29 is 24.1 Å². The average Bonchev–Trinajstić information content (AvgIpc) is 2.51. The van der Waals surface area contributed by atoms with Crippen LogP contribution in [0.1, 0.15) is 19.3 Å². The van der Waals surface area contributed by atoms with E-state index in [1.54, 1.807) is 31.4 Å². The van der Waals surface area contributed by atoms with Gasteiger partial charge in [0.2, 0.25) is 11.5 Å². The van der Waals surface area contributed by atoms with Gasteiger partial charge in [0.15, 0.2) is 0 Å². The van der Waals surface area contributed by atoms with Gasteiger partial charge in [-0.2, -0.15) is 0 Å². The summed E-state index contributed by atoms with van der Waals surface area (Å²) in [5.74, 6) is 1.25. The predicted molar refractivity (Wildman–Crippen MR) is 74.9 cm³/mol. The maximum Gasteiger partial charge on any atom is 0.207 e. The fraction of sp³-hybridized carbons (Fsp3) is 0.438. The molecule has 0 saturated heterocycles. The highest BCUT2D eigenvalue weighted by Crippen LogP contribution is 2.34. The number of aliphatic hydroxyl groups excluding tert-OH is 1. The standard InChI is InChI=1S/C16H18O5/c1-19-11-3-5-12(6-4-11)21-15-9-20-14-8-10(17)2-7-13(14)16(15)18/h3-6,9-10,13-14,17H,2,7-8H2,1H3. The molecular formula is C16H18O5. The van der Waals surface area contributed by atoms with Crippen molar-refractivity contribution in [2.45, 2.75) is 31.5 Å². The Morgan fingerprint density at radius 3 is 2.62 bits per heavy atom. The number of rotatable bonds is 3. The highest BCUT2D eigenvalue weighted by atomic mass is 16.5. The molecule has 3 atom stereocenters. The molecule has 0 bridgehead atoms. The van der Waals surface area contributed by atoms with Gasteiger partial charge in [0.05, 0.1) is 19.1 Å². The predicted octanol–water partition coefficient (Wildman–Crippen LogP) is 2.04. The van der Waals surface area contributed by atoms with Gasteiger partial charge in [-0.15, -0.1) is 0 Å². The number of aliphatic hydroxyl groups is 1. The minimum absolute atomic E-state index is 0.0473. The molecule has 5 heteroatoms. The first kappa shape index (κ1) is 13.9.